The van der Waals surface area contributed by atoms with Gasteiger partial charge in [0.05, 0.1) is 0 Å². The van der Waals surface area contributed by atoms with Gasteiger partial charge in [-0.2, -0.15) is 0 Å². The van der Waals surface area contributed by atoms with Crippen LogP contribution in [0.5, 0.6) is 0 Å². The van der Waals surface area contributed by atoms with Gasteiger partial charge in [0.15, 0.2) is 0 Å². The van der Waals surface area contributed by atoms with Crippen LogP contribution in [0.2, 0.25) is 0 Å². The Balaban J connectivity index is 3.76. The van der Waals surface area contributed by atoms with Crippen molar-refractivity contribution in [1.82, 2.24) is 5.32 Å². The van der Waals surface area contributed by atoms with Gasteiger partial charge in [-0.1, -0.05) is 88.6 Å². The topological polar surface area (TPSA) is 66.4 Å². The summed E-state index contributed by atoms with van der Waals surface area (Å²) < 4.78 is 0. The molecular weight excluding hydrogens is 374 g/mol. The average molecular weight is 418 g/mol. The van der Waals surface area contributed by atoms with Gasteiger partial charge < -0.3 is 10.4 Å². The summed E-state index contributed by atoms with van der Waals surface area (Å²) in [5, 5.41) is 11.8. The first kappa shape index (κ1) is 27.9. The molecule has 0 radical (unpaired) electrons. The Bertz CT molecular complexity index is 561. The summed E-state index contributed by atoms with van der Waals surface area (Å²) in [6.45, 7) is 6.00. The molecule has 0 aromatic carbocycles. The van der Waals surface area contributed by atoms with Crippen molar-refractivity contribution in [2.24, 2.45) is 5.92 Å². The van der Waals surface area contributed by atoms with Gasteiger partial charge in [-0.3, -0.25) is 4.79 Å². The van der Waals surface area contributed by atoms with Gasteiger partial charge in [-0.05, 0) is 50.9 Å². The number of carboxylic acid groups (broad SMARTS) is 1. The number of unbranched alkanes of at least 4 members (excludes halogenated alkanes) is 4. The zero-order valence-corrected chi connectivity index (χ0v) is 19.3. The summed E-state index contributed by atoms with van der Waals surface area (Å²) in [5.41, 5.74) is 0. The van der Waals surface area contributed by atoms with Crippen molar-refractivity contribution < 1.29 is 14.7 Å². The number of allylic oxidation sites excluding steroid dienone is 8. The third kappa shape index (κ3) is 16.8. The highest BCUT2D eigenvalue weighted by atomic mass is 16.4. The Hall–Kier alpha value is -2.10. The van der Waals surface area contributed by atoms with Gasteiger partial charge in [-0.15, -0.1) is 0 Å². The maximum Gasteiger partial charge on any atom is 0.326 e. The van der Waals surface area contributed by atoms with Crippen LogP contribution in [-0.2, 0) is 9.59 Å². The normalized spacial score (nSPS) is 14.2. The Labute approximate surface area is 184 Å². The van der Waals surface area contributed by atoms with Gasteiger partial charge in [0.25, 0.3) is 0 Å². The number of carboxylic acids is 1. The molecule has 0 aliphatic heterocycles. The van der Waals surface area contributed by atoms with E-state index in [0.717, 1.165) is 38.5 Å². The SMILES string of the molecule is CCCCCC=CCC=CCC=CCC=CCCCC(=O)NC(C(=O)O)C(C)CC. The molecule has 0 aliphatic carbocycles. The quantitative estimate of drug-likeness (QED) is 0.191. The maximum absolute atomic E-state index is 11.9. The summed E-state index contributed by atoms with van der Waals surface area (Å²) in [6.07, 6.45) is 28.0. The van der Waals surface area contributed by atoms with Crippen molar-refractivity contribution in [2.75, 3.05) is 0 Å². The summed E-state index contributed by atoms with van der Waals surface area (Å²) in [4.78, 5) is 23.1. The van der Waals surface area contributed by atoms with Crippen molar-refractivity contribution in [2.45, 2.75) is 97.4 Å². The lowest BCUT2D eigenvalue weighted by Gasteiger charge is -2.19. The smallest absolute Gasteiger partial charge is 0.326 e. The van der Waals surface area contributed by atoms with Crippen LogP contribution in [0.1, 0.15) is 91.4 Å². The highest BCUT2D eigenvalue weighted by molar-refractivity contribution is 5.83. The molecule has 0 aliphatic rings. The van der Waals surface area contributed by atoms with Crippen molar-refractivity contribution in [3.63, 3.8) is 0 Å². The molecule has 2 unspecified atom stereocenters. The van der Waals surface area contributed by atoms with E-state index in [1.54, 1.807) is 0 Å². The fraction of sp³-hybridized carbons (Fsp3) is 0.615. The molecule has 0 aromatic rings. The van der Waals surface area contributed by atoms with Crippen LogP contribution in [0.3, 0.4) is 0 Å². The fourth-order valence-electron chi connectivity index (χ4n) is 2.87. The summed E-state index contributed by atoms with van der Waals surface area (Å²) in [6, 6.07) is -0.793. The molecule has 0 fully saturated rings. The molecule has 0 spiro atoms. The molecule has 2 atom stereocenters. The first-order valence-corrected chi connectivity index (χ1v) is 11.6. The van der Waals surface area contributed by atoms with Crippen molar-refractivity contribution in [1.29, 1.82) is 0 Å². The number of rotatable bonds is 18. The van der Waals surface area contributed by atoms with E-state index in [1.807, 2.05) is 13.8 Å². The Morgan fingerprint density at radius 3 is 1.77 bits per heavy atom. The average Bonchev–Trinajstić information content (AvgIpc) is 2.73. The minimum absolute atomic E-state index is 0.0695. The number of amides is 1. The van der Waals surface area contributed by atoms with E-state index in [9.17, 15) is 14.7 Å². The van der Waals surface area contributed by atoms with E-state index in [-0.39, 0.29) is 11.8 Å². The van der Waals surface area contributed by atoms with Crippen LogP contribution in [0.25, 0.3) is 0 Å². The number of carbonyl (C=O) groups is 2. The lowest BCUT2D eigenvalue weighted by molar-refractivity contribution is -0.143. The van der Waals surface area contributed by atoms with Crippen molar-refractivity contribution >= 4 is 11.9 Å². The second kappa shape index (κ2) is 20.2. The molecular formula is C26H43NO3. The number of aliphatic carboxylic acids is 1. The Morgan fingerprint density at radius 2 is 1.30 bits per heavy atom. The van der Waals surface area contributed by atoms with E-state index in [0.29, 0.717) is 6.42 Å². The molecule has 0 saturated carbocycles. The van der Waals surface area contributed by atoms with E-state index in [2.05, 4.69) is 60.8 Å². The van der Waals surface area contributed by atoms with E-state index in [1.165, 1.54) is 25.7 Å². The van der Waals surface area contributed by atoms with Crippen LogP contribution in [0.15, 0.2) is 48.6 Å². The zero-order chi connectivity index (χ0) is 22.5. The van der Waals surface area contributed by atoms with Crippen LogP contribution in [-0.4, -0.2) is 23.0 Å². The lowest BCUT2D eigenvalue weighted by atomic mass is 9.99. The second-order valence-electron chi connectivity index (χ2n) is 7.75. The monoisotopic (exact) mass is 417 g/mol. The molecule has 0 aromatic heterocycles. The summed E-state index contributed by atoms with van der Waals surface area (Å²) >= 11 is 0. The van der Waals surface area contributed by atoms with E-state index >= 15 is 0 Å². The Morgan fingerprint density at radius 1 is 0.800 bits per heavy atom. The molecule has 170 valence electrons. The first-order chi connectivity index (χ1) is 14.5. The molecule has 1 amide bonds. The third-order valence-electron chi connectivity index (χ3n) is 5.03. The van der Waals surface area contributed by atoms with Gasteiger partial charge in [0.2, 0.25) is 5.91 Å². The number of nitrogens with one attached hydrogen (secondary N) is 1. The van der Waals surface area contributed by atoms with Gasteiger partial charge >= 0.3 is 5.97 Å². The predicted molar refractivity (Wildman–Crippen MR) is 127 cm³/mol. The molecule has 0 saturated heterocycles. The lowest BCUT2D eigenvalue weighted by Crippen LogP contribution is -2.44. The molecule has 4 heteroatoms. The summed E-state index contributed by atoms with van der Waals surface area (Å²) in [7, 11) is 0. The maximum atomic E-state index is 11.9. The highest BCUT2D eigenvalue weighted by Gasteiger charge is 2.24. The van der Waals surface area contributed by atoms with Crippen molar-refractivity contribution in [3.05, 3.63) is 48.6 Å². The van der Waals surface area contributed by atoms with E-state index in [4.69, 9.17) is 0 Å². The molecule has 0 rings (SSSR count). The third-order valence-corrected chi connectivity index (χ3v) is 5.03. The van der Waals surface area contributed by atoms with Gasteiger partial charge in [-0.25, -0.2) is 4.79 Å². The minimum Gasteiger partial charge on any atom is -0.480 e. The minimum atomic E-state index is -0.960. The molecule has 4 nitrogen and oxygen atoms in total. The Kier molecular flexibility index (Phi) is 18.8. The standard InChI is InChI=1S/C26H43NO3/c1-4-6-7-8-9-10-11-12-13-14-15-16-17-18-19-20-21-22-24(28)27-25(26(29)30)23(3)5-2/h9-10,12-13,15-16,18-19,23,25H,4-8,11,14,17,20-22H2,1-3H3,(H,27,28)(H,29,30). The predicted octanol–water partition coefficient (Wildman–Crippen LogP) is 6.75. The number of hydrogen-bond acceptors (Lipinski definition) is 2. The first-order valence-electron chi connectivity index (χ1n) is 11.6. The molecule has 30 heavy (non-hydrogen) atoms. The van der Waals surface area contributed by atoms with Crippen molar-refractivity contribution in [3.8, 4) is 0 Å². The molecule has 2 N–H and O–H groups in total. The van der Waals surface area contributed by atoms with Crippen LogP contribution < -0.4 is 5.32 Å². The molecule has 0 bridgehead atoms. The largest absolute Gasteiger partial charge is 0.480 e. The molecule has 0 heterocycles. The summed E-state index contributed by atoms with van der Waals surface area (Å²) in [5.74, 6) is -1.21. The fourth-order valence-corrected chi connectivity index (χ4v) is 2.87. The van der Waals surface area contributed by atoms with Crippen LogP contribution in [0, 0.1) is 5.92 Å². The number of carbonyl (C=O) groups excluding carboxylic acids is 1. The van der Waals surface area contributed by atoms with Gasteiger partial charge in [0.1, 0.15) is 6.04 Å². The van der Waals surface area contributed by atoms with Crippen LogP contribution >= 0.6 is 0 Å². The zero-order valence-electron chi connectivity index (χ0n) is 19.3. The highest BCUT2D eigenvalue weighted by Crippen LogP contribution is 2.09. The van der Waals surface area contributed by atoms with Crippen LogP contribution in [0.4, 0.5) is 0 Å². The number of hydrogen-bond donors (Lipinski definition) is 2. The van der Waals surface area contributed by atoms with Gasteiger partial charge in [0, 0.05) is 6.42 Å². The second-order valence-corrected chi connectivity index (χ2v) is 7.75. The van der Waals surface area contributed by atoms with E-state index < -0.39 is 12.0 Å².